The van der Waals surface area contributed by atoms with Gasteiger partial charge < -0.3 is 23.8 Å². The molecule has 0 aromatic rings. The summed E-state index contributed by atoms with van der Waals surface area (Å²) < 4.78 is 12.9. The molecule has 0 amide bonds. The van der Waals surface area contributed by atoms with Crippen molar-refractivity contribution >= 4 is 8.72 Å². The van der Waals surface area contributed by atoms with Gasteiger partial charge >= 0.3 is 8.72 Å². The van der Waals surface area contributed by atoms with Crippen LogP contribution in [0, 0.1) is 0 Å². The minimum absolute atomic E-state index is 0.212. The second-order valence-corrected chi connectivity index (χ2v) is 8.21. The first-order valence-electron chi connectivity index (χ1n) is 6.16. The SMILES string of the molecule is CC(CO)[N+]12CCO[Si]1(CCCN)OCC2. The highest BCUT2D eigenvalue weighted by atomic mass is 28.4. The van der Waals surface area contributed by atoms with Crippen molar-refractivity contribution in [3.63, 3.8) is 0 Å². The Morgan fingerprint density at radius 2 is 2.00 bits per heavy atom. The molecule has 2 rings (SSSR count). The molecule has 2 aliphatic rings. The van der Waals surface area contributed by atoms with E-state index in [0.717, 1.165) is 42.9 Å². The quantitative estimate of drug-likeness (QED) is 0.645. The third-order valence-corrected chi connectivity index (χ3v) is 8.66. The van der Waals surface area contributed by atoms with E-state index in [4.69, 9.17) is 14.6 Å². The summed E-state index contributed by atoms with van der Waals surface area (Å²) in [4.78, 5) is 0. The fourth-order valence-corrected chi connectivity index (χ4v) is 7.53. The first-order chi connectivity index (χ1) is 7.71. The first kappa shape index (κ1) is 12.5. The van der Waals surface area contributed by atoms with Gasteiger partial charge in [-0.05, 0) is 19.9 Å². The van der Waals surface area contributed by atoms with Crippen LogP contribution in [0.1, 0.15) is 13.3 Å². The fourth-order valence-electron chi connectivity index (χ4n) is 3.11. The molecule has 16 heavy (non-hydrogen) atoms. The lowest BCUT2D eigenvalue weighted by Crippen LogP contribution is -2.67. The molecular weight excluding hydrogens is 224 g/mol. The Kier molecular flexibility index (Phi) is 3.68. The smallest absolute Gasteiger partial charge is 0.390 e. The average Bonchev–Trinajstić information content (AvgIpc) is 2.80. The molecule has 0 aromatic carbocycles. The van der Waals surface area contributed by atoms with Crippen LogP contribution in [-0.4, -0.2) is 63.5 Å². The zero-order valence-corrected chi connectivity index (χ0v) is 11.0. The summed E-state index contributed by atoms with van der Waals surface area (Å²) >= 11 is 0. The Labute approximate surface area is 98.1 Å². The molecule has 94 valence electrons. The third-order valence-electron chi connectivity index (χ3n) is 4.12. The maximum absolute atomic E-state index is 9.45. The van der Waals surface area contributed by atoms with Crippen LogP contribution in [0.2, 0.25) is 6.04 Å². The van der Waals surface area contributed by atoms with Gasteiger partial charge in [0.05, 0.1) is 45.0 Å². The highest BCUT2D eigenvalue weighted by Gasteiger charge is 2.69. The second kappa shape index (κ2) is 4.71. The van der Waals surface area contributed by atoms with E-state index in [2.05, 4.69) is 6.92 Å². The maximum atomic E-state index is 9.45. The molecule has 5 nitrogen and oxygen atoms in total. The monoisotopic (exact) mass is 247 g/mol. The average molecular weight is 247 g/mol. The van der Waals surface area contributed by atoms with Crippen molar-refractivity contribution in [1.29, 1.82) is 0 Å². The summed E-state index contributed by atoms with van der Waals surface area (Å²) in [6.45, 7) is 6.56. The van der Waals surface area contributed by atoms with Gasteiger partial charge in [0, 0.05) is 0 Å². The summed E-state index contributed by atoms with van der Waals surface area (Å²) in [5, 5.41) is 9.45. The number of aliphatic hydroxyl groups is 1. The zero-order valence-electron chi connectivity index (χ0n) is 10.0. The van der Waals surface area contributed by atoms with Crippen LogP contribution in [-0.2, 0) is 8.85 Å². The maximum Gasteiger partial charge on any atom is 0.603 e. The van der Waals surface area contributed by atoms with E-state index in [0.29, 0.717) is 6.54 Å². The molecule has 6 heteroatoms. The van der Waals surface area contributed by atoms with Gasteiger partial charge in [0.25, 0.3) is 0 Å². The summed E-state index contributed by atoms with van der Waals surface area (Å²) in [5.41, 5.74) is 5.59. The number of rotatable bonds is 5. The van der Waals surface area contributed by atoms with E-state index >= 15 is 0 Å². The molecule has 2 fully saturated rings. The van der Waals surface area contributed by atoms with E-state index in [1.54, 1.807) is 0 Å². The van der Waals surface area contributed by atoms with Crippen LogP contribution < -0.4 is 5.73 Å². The molecule has 2 heterocycles. The lowest BCUT2D eigenvalue weighted by Gasteiger charge is -2.41. The van der Waals surface area contributed by atoms with Gasteiger partial charge in [-0.25, -0.2) is 0 Å². The van der Waals surface area contributed by atoms with Gasteiger partial charge in [0.2, 0.25) is 0 Å². The third kappa shape index (κ3) is 1.64. The van der Waals surface area contributed by atoms with Gasteiger partial charge in [-0.15, -0.1) is 0 Å². The highest BCUT2D eigenvalue weighted by Crippen LogP contribution is 2.40. The molecule has 0 radical (unpaired) electrons. The Hall–Kier alpha value is 0.0169. The number of fused-ring (bicyclic) bond motifs is 1. The van der Waals surface area contributed by atoms with Crippen LogP contribution >= 0.6 is 0 Å². The molecular formula is C10H23N2O3Si+. The summed E-state index contributed by atoms with van der Waals surface area (Å²) in [6, 6.07) is 1.20. The van der Waals surface area contributed by atoms with Gasteiger partial charge in [0.15, 0.2) is 0 Å². The Balaban J connectivity index is 2.20. The van der Waals surface area contributed by atoms with Crippen molar-refractivity contribution < 1.29 is 18.1 Å². The predicted octanol–water partition coefficient (Wildman–Crippen LogP) is -0.468. The summed E-state index contributed by atoms with van der Waals surface area (Å²) in [5.74, 6) is 0. The van der Waals surface area contributed by atoms with E-state index in [1.807, 2.05) is 0 Å². The van der Waals surface area contributed by atoms with Crippen LogP contribution in [0.25, 0.3) is 0 Å². The highest BCUT2D eigenvalue weighted by molar-refractivity contribution is 6.60. The van der Waals surface area contributed by atoms with Gasteiger partial charge in [-0.3, -0.25) is 0 Å². The van der Waals surface area contributed by atoms with Crippen molar-refractivity contribution in [2.45, 2.75) is 25.4 Å². The number of hydrogen-bond acceptors (Lipinski definition) is 4. The van der Waals surface area contributed by atoms with Crippen LogP contribution in [0.4, 0.5) is 0 Å². The Morgan fingerprint density at radius 1 is 1.38 bits per heavy atom. The van der Waals surface area contributed by atoms with Crippen LogP contribution in [0.15, 0.2) is 0 Å². The van der Waals surface area contributed by atoms with Crippen molar-refractivity contribution in [1.82, 2.24) is 0 Å². The number of nitrogens with two attached hydrogens (primary N) is 1. The lowest BCUT2D eigenvalue weighted by atomic mass is 10.3. The van der Waals surface area contributed by atoms with Crippen molar-refractivity contribution in [3.8, 4) is 0 Å². The second-order valence-electron chi connectivity index (χ2n) is 4.81. The topological polar surface area (TPSA) is 64.7 Å². The van der Waals surface area contributed by atoms with Crippen molar-refractivity contribution in [2.24, 2.45) is 5.73 Å². The number of quaternary nitrogens is 1. The normalized spacial score (nSPS) is 39.9. The minimum atomic E-state index is -2.16. The first-order valence-corrected chi connectivity index (χ1v) is 8.13. The standard InChI is InChI=1S/C10H23N2O3Si/c1-10(9-13)12-4-6-14-16(12,8-2-3-11)15-7-5-12/h10,13H,2-9,11H2,1H3/q+1. The molecule has 0 saturated carbocycles. The Bertz CT molecular complexity index is 242. The minimum Gasteiger partial charge on any atom is -0.390 e. The number of hydrogen-bond donors (Lipinski definition) is 2. The fraction of sp³-hybridized carbons (Fsp3) is 1.00. The number of nitrogens with zero attached hydrogens (tertiary/aromatic N) is 1. The number of aliphatic hydroxyl groups excluding tert-OH is 1. The molecule has 0 aliphatic carbocycles. The molecule has 0 spiro atoms. The van der Waals surface area contributed by atoms with Gasteiger partial charge in [-0.1, -0.05) is 0 Å². The molecule has 3 N–H and O–H groups in total. The molecule has 2 aliphatic heterocycles. The van der Waals surface area contributed by atoms with E-state index in [-0.39, 0.29) is 12.6 Å². The lowest BCUT2D eigenvalue weighted by molar-refractivity contribution is -0.847. The summed E-state index contributed by atoms with van der Waals surface area (Å²) in [7, 11) is -2.16. The Morgan fingerprint density at radius 3 is 2.50 bits per heavy atom. The molecule has 0 aromatic heterocycles. The zero-order chi connectivity index (χ0) is 11.6. The van der Waals surface area contributed by atoms with E-state index in [1.165, 1.54) is 0 Å². The predicted molar refractivity (Wildman–Crippen MR) is 62.7 cm³/mol. The molecule has 1 atom stereocenters. The van der Waals surface area contributed by atoms with E-state index < -0.39 is 8.72 Å². The van der Waals surface area contributed by atoms with E-state index in [9.17, 15) is 5.11 Å². The largest absolute Gasteiger partial charge is 0.603 e. The van der Waals surface area contributed by atoms with Crippen molar-refractivity contribution in [2.75, 3.05) is 39.5 Å². The molecule has 0 bridgehead atoms. The molecule has 1 unspecified atom stereocenters. The van der Waals surface area contributed by atoms with Crippen molar-refractivity contribution in [3.05, 3.63) is 0 Å². The van der Waals surface area contributed by atoms with Crippen LogP contribution in [0.3, 0.4) is 0 Å². The van der Waals surface area contributed by atoms with Gasteiger partial charge in [-0.2, -0.15) is 0 Å². The van der Waals surface area contributed by atoms with Gasteiger partial charge in [0.1, 0.15) is 0 Å². The summed E-state index contributed by atoms with van der Waals surface area (Å²) in [6.07, 6.45) is 0.963. The van der Waals surface area contributed by atoms with Crippen LogP contribution in [0.5, 0.6) is 0 Å². The molecule has 2 saturated heterocycles.